The van der Waals surface area contributed by atoms with Crippen LogP contribution in [0.15, 0.2) is 42.5 Å². The molecule has 120 valence electrons. The van der Waals surface area contributed by atoms with Gasteiger partial charge < -0.3 is 20.1 Å². The molecule has 1 aliphatic heterocycles. The lowest BCUT2D eigenvalue weighted by Gasteiger charge is -2.22. The predicted molar refractivity (Wildman–Crippen MR) is 96.4 cm³/mol. The molecule has 2 aromatic rings. The second kappa shape index (κ2) is 6.87. The molecule has 1 aliphatic rings. The first-order chi connectivity index (χ1) is 11.1. The van der Waals surface area contributed by atoms with Crippen LogP contribution in [0.3, 0.4) is 0 Å². The molecule has 2 N–H and O–H groups in total. The zero-order chi connectivity index (χ0) is 16.2. The van der Waals surface area contributed by atoms with E-state index in [1.807, 2.05) is 30.3 Å². The van der Waals surface area contributed by atoms with Gasteiger partial charge in [0.05, 0.1) is 6.04 Å². The largest absolute Gasteiger partial charge is 0.486 e. The minimum Gasteiger partial charge on any atom is -0.486 e. The standard InChI is InChI=1S/C18H20N2O2S/c1-12-3-6-15(7-4-12)20-18(23)19-13(2)14-5-8-16-17(11-14)22-10-9-21-16/h3-8,11,13H,9-10H2,1-2H3,(H2,19,20,23). The molecule has 5 heteroatoms. The van der Waals surface area contributed by atoms with E-state index in [1.54, 1.807) is 0 Å². The number of hydrogen-bond donors (Lipinski definition) is 2. The van der Waals surface area contributed by atoms with Gasteiger partial charge in [0.2, 0.25) is 0 Å². The van der Waals surface area contributed by atoms with Crippen molar-refractivity contribution in [3.8, 4) is 11.5 Å². The molecule has 0 fully saturated rings. The molecule has 0 spiro atoms. The van der Waals surface area contributed by atoms with Crippen LogP contribution in [-0.2, 0) is 0 Å². The molecule has 2 aromatic carbocycles. The van der Waals surface area contributed by atoms with E-state index in [0.717, 1.165) is 22.7 Å². The van der Waals surface area contributed by atoms with Crippen molar-refractivity contribution in [2.24, 2.45) is 0 Å². The highest BCUT2D eigenvalue weighted by Gasteiger charge is 2.15. The quantitative estimate of drug-likeness (QED) is 0.839. The molecule has 0 amide bonds. The van der Waals surface area contributed by atoms with Crippen LogP contribution in [0.25, 0.3) is 0 Å². The Balaban J connectivity index is 1.63. The molecule has 4 nitrogen and oxygen atoms in total. The van der Waals surface area contributed by atoms with Gasteiger partial charge in [-0.15, -0.1) is 0 Å². The summed E-state index contributed by atoms with van der Waals surface area (Å²) in [6.45, 7) is 5.31. The third-order valence-electron chi connectivity index (χ3n) is 3.72. The van der Waals surface area contributed by atoms with Crippen molar-refractivity contribution in [1.29, 1.82) is 0 Å². The summed E-state index contributed by atoms with van der Waals surface area (Å²) in [5, 5.41) is 7.08. The van der Waals surface area contributed by atoms with Crippen molar-refractivity contribution >= 4 is 23.0 Å². The molecular weight excluding hydrogens is 308 g/mol. The molecule has 1 unspecified atom stereocenters. The molecule has 0 saturated carbocycles. The second-order valence-corrected chi connectivity index (χ2v) is 6.00. The fourth-order valence-electron chi connectivity index (χ4n) is 2.41. The number of fused-ring (bicyclic) bond motifs is 1. The Bertz CT molecular complexity index is 701. The van der Waals surface area contributed by atoms with Crippen LogP contribution in [0.4, 0.5) is 5.69 Å². The first kappa shape index (κ1) is 15.6. The molecule has 0 bridgehead atoms. The first-order valence-corrected chi connectivity index (χ1v) is 8.06. The lowest BCUT2D eigenvalue weighted by molar-refractivity contribution is 0.171. The fraction of sp³-hybridized carbons (Fsp3) is 0.278. The second-order valence-electron chi connectivity index (χ2n) is 5.59. The molecule has 0 aromatic heterocycles. The fourth-order valence-corrected chi connectivity index (χ4v) is 2.71. The molecule has 0 saturated heterocycles. The number of aryl methyl sites for hydroxylation is 1. The molecule has 0 radical (unpaired) electrons. The maximum atomic E-state index is 5.62. The van der Waals surface area contributed by atoms with Crippen LogP contribution in [-0.4, -0.2) is 18.3 Å². The van der Waals surface area contributed by atoms with E-state index in [2.05, 4.69) is 36.6 Å². The van der Waals surface area contributed by atoms with Gasteiger partial charge in [-0.2, -0.15) is 0 Å². The van der Waals surface area contributed by atoms with E-state index < -0.39 is 0 Å². The van der Waals surface area contributed by atoms with Gasteiger partial charge in [0.15, 0.2) is 16.6 Å². The lowest BCUT2D eigenvalue weighted by Crippen LogP contribution is -2.31. The summed E-state index contributed by atoms with van der Waals surface area (Å²) in [5.41, 5.74) is 3.30. The molecule has 1 heterocycles. The molecule has 23 heavy (non-hydrogen) atoms. The van der Waals surface area contributed by atoms with Crippen LogP contribution in [0.5, 0.6) is 11.5 Å². The average Bonchev–Trinajstić information content (AvgIpc) is 2.56. The topological polar surface area (TPSA) is 42.5 Å². The zero-order valence-electron chi connectivity index (χ0n) is 13.3. The Morgan fingerprint density at radius 1 is 1.04 bits per heavy atom. The van der Waals surface area contributed by atoms with Crippen molar-refractivity contribution in [2.45, 2.75) is 19.9 Å². The first-order valence-electron chi connectivity index (χ1n) is 7.65. The Hall–Kier alpha value is -2.27. The van der Waals surface area contributed by atoms with Gasteiger partial charge in [-0.1, -0.05) is 23.8 Å². The molecule has 3 rings (SSSR count). The van der Waals surface area contributed by atoms with Gasteiger partial charge in [0, 0.05) is 5.69 Å². The normalized spacial score (nSPS) is 14.0. The number of nitrogens with one attached hydrogen (secondary N) is 2. The van der Waals surface area contributed by atoms with Crippen molar-refractivity contribution in [3.05, 3.63) is 53.6 Å². The van der Waals surface area contributed by atoms with Crippen LogP contribution in [0.2, 0.25) is 0 Å². The Kier molecular flexibility index (Phi) is 4.67. The Morgan fingerprint density at radius 3 is 2.48 bits per heavy atom. The Morgan fingerprint density at radius 2 is 1.74 bits per heavy atom. The van der Waals surface area contributed by atoms with Crippen LogP contribution in [0.1, 0.15) is 24.1 Å². The lowest BCUT2D eigenvalue weighted by atomic mass is 10.1. The van der Waals surface area contributed by atoms with E-state index in [0.29, 0.717) is 18.3 Å². The minimum absolute atomic E-state index is 0.0660. The molecular formula is C18H20N2O2S. The van der Waals surface area contributed by atoms with Gasteiger partial charge in [-0.25, -0.2) is 0 Å². The Labute approximate surface area is 141 Å². The van der Waals surface area contributed by atoms with Crippen LogP contribution < -0.4 is 20.1 Å². The van der Waals surface area contributed by atoms with Crippen molar-refractivity contribution in [1.82, 2.24) is 5.32 Å². The average molecular weight is 328 g/mol. The third kappa shape index (κ3) is 3.93. The van der Waals surface area contributed by atoms with Gasteiger partial charge in [0.1, 0.15) is 13.2 Å². The van der Waals surface area contributed by atoms with Crippen molar-refractivity contribution in [3.63, 3.8) is 0 Å². The predicted octanol–water partition coefficient (Wildman–Crippen LogP) is 3.81. The van der Waals surface area contributed by atoms with Gasteiger partial charge in [0.25, 0.3) is 0 Å². The number of anilines is 1. The number of benzene rings is 2. The van der Waals surface area contributed by atoms with Crippen LogP contribution in [0, 0.1) is 6.92 Å². The van der Waals surface area contributed by atoms with E-state index in [9.17, 15) is 0 Å². The van der Waals surface area contributed by atoms with Crippen LogP contribution >= 0.6 is 12.2 Å². The van der Waals surface area contributed by atoms with E-state index >= 15 is 0 Å². The summed E-state index contributed by atoms with van der Waals surface area (Å²) in [6, 6.07) is 14.2. The summed E-state index contributed by atoms with van der Waals surface area (Å²) >= 11 is 5.39. The highest BCUT2D eigenvalue weighted by Crippen LogP contribution is 2.32. The smallest absolute Gasteiger partial charge is 0.171 e. The van der Waals surface area contributed by atoms with Gasteiger partial charge >= 0.3 is 0 Å². The molecule has 1 atom stereocenters. The zero-order valence-corrected chi connectivity index (χ0v) is 14.1. The van der Waals surface area contributed by atoms with Crippen molar-refractivity contribution in [2.75, 3.05) is 18.5 Å². The van der Waals surface area contributed by atoms with Gasteiger partial charge in [-0.3, -0.25) is 0 Å². The summed E-state index contributed by atoms with van der Waals surface area (Å²) < 4.78 is 11.2. The SMILES string of the molecule is Cc1ccc(NC(=S)NC(C)c2ccc3c(c2)OCCO3)cc1. The minimum atomic E-state index is 0.0660. The van der Waals surface area contributed by atoms with E-state index in [1.165, 1.54) is 5.56 Å². The summed E-state index contributed by atoms with van der Waals surface area (Å²) in [6.07, 6.45) is 0. The van der Waals surface area contributed by atoms with Gasteiger partial charge in [-0.05, 0) is 55.9 Å². The summed E-state index contributed by atoms with van der Waals surface area (Å²) in [5.74, 6) is 1.59. The summed E-state index contributed by atoms with van der Waals surface area (Å²) in [4.78, 5) is 0. The number of thiocarbonyl (C=S) groups is 1. The maximum Gasteiger partial charge on any atom is 0.171 e. The summed E-state index contributed by atoms with van der Waals surface area (Å²) in [7, 11) is 0. The highest BCUT2D eigenvalue weighted by atomic mass is 32.1. The number of hydrogen-bond acceptors (Lipinski definition) is 3. The van der Waals surface area contributed by atoms with E-state index in [-0.39, 0.29) is 6.04 Å². The molecule has 0 aliphatic carbocycles. The third-order valence-corrected chi connectivity index (χ3v) is 3.94. The van der Waals surface area contributed by atoms with E-state index in [4.69, 9.17) is 21.7 Å². The maximum absolute atomic E-state index is 5.62. The van der Waals surface area contributed by atoms with Crippen molar-refractivity contribution < 1.29 is 9.47 Å². The number of rotatable bonds is 3. The monoisotopic (exact) mass is 328 g/mol. The highest BCUT2D eigenvalue weighted by molar-refractivity contribution is 7.80. The number of ether oxygens (including phenoxy) is 2.